The highest BCUT2D eigenvalue weighted by molar-refractivity contribution is 5.66. The van der Waals surface area contributed by atoms with Crippen LogP contribution < -0.4 is 0 Å². The zero-order chi connectivity index (χ0) is 13.2. The van der Waals surface area contributed by atoms with Gasteiger partial charge in [-0.2, -0.15) is 8.78 Å². The van der Waals surface area contributed by atoms with E-state index in [1.54, 1.807) is 0 Å². The molecule has 0 spiro atoms. The van der Waals surface area contributed by atoms with Crippen LogP contribution in [0.4, 0.5) is 17.6 Å². The monoisotopic (exact) mass is 258 g/mol. The normalized spacial score (nSPS) is 16.8. The molecule has 0 radical (unpaired) electrons. The molecule has 0 amide bonds. The third-order valence-electron chi connectivity index (χ3n) is 3.21. The van der Waals surface area contributed by atoms with Crippen LogP contribution in [0.5, 0.6) is 0 Å². The van der Waals surface area contributed by atoms with E-state index in [9.17, 15) is 17.6 Å². The highest BCUT2D eigenvalue weighted by atomic mass is 19.3. The van der Waals surface area contributed by atoms with Gasteiger partial charge >= 0.3 is 12.3 Å². The number of hydrogen-bond acceptors (Lipinski definition) is 0. The average Bonchev–Trinajstić information content (AvgIpc) is 2.40. The number of halogens is 4. The maximum atomic E-state index is 13.1. The summed E-state index contributed by atoms with van der Waals surface area (Å²) < 4.78 is 50.6. The van der Waals surface area contributed by atoms with Gasteiger partial charge in [0.2, 0.25) is 0 Å². The third-order valence-corrected chi connectivity index (χ3v) is 3.21. The lowest BCUT2D eigenvalue weighted by Gasteiger charge is -2.17. The lowest BCUT2D eigenvalue weighted by atomic mass is 9.93. The molecular formula is C14H14F4. The quantitative estimate of drug-likeness (QED) is 0.669. The van der Waals surface area contributed by atoms with E-state index in [0.29, 0.717) is 0 Å². The molecular weight excluding hydrogens is 244 g/mol. The average molecular weight is 258 g/mol. The first-order valence-corrected chi connectivity index (χ1v) is 5.97. The molecule has 1 aliphatic rings. The van der Waals surface area contributed by atoms with Crippen LogP contribution in [0, 0.1) is 0 Å². The van der Waals surface area contributed by atoms with E-state index < -0.39 is 17.9 Å². The van der Waals surface area contributed by atoms with Gasteiger partial charge in [-0.05, 0) is 36.8 Å². The molecule has 0 N–H and O–H groups in total. The van der Waals surface area contributed by atoms with Gasteiger partial charge in [-0.1, -0.05) is 30.3 Å². The number of allylic oxidation sites excluding steroid dienone is 2. The topological polar surface area (TPSA) is 0 Å². The first-order chi connectivity index (χ1) is 8.51. The van der Waals surface area contributed by atoms with Crippen LogP contribution in [0.2, 0.25) is 0 Å². The summed E-state index contributed by atoms with van der Waals surface area (Å²) in [7, 11) is 0. The van der Waals surface area contributed by atoms with Crippen molar-refractivity contribution in [1.82, 2.24) is 0 Å². The largest absolute Gasteiger partial charge is 0.332 e. The van der Waals surface area contributed by atoms with Crippen LogP contribution in [0.1, 0.15) is 36.8 Å². The molecule has 0 saturated heterocycles. The molecule has 18 heavy (non-hydrogen) atoms. The number of hydrogen-bond donors (Lipinski definition) is 0. The number of alkyl halides is 4. The molecule has 98 valence electrons. The maximum Gasteiger partial charge on any atom is 0.332 e. The van der Waals surface area contributed by atoms with Crippen molar-refractivity contribution in [2.24, 2.45) is 0 Å². The van der Waals surface area contributed by atoms with E-state index in [0.717, 1.165) is 49.0 Å². The Kier molecular flexibility index (Phi) is 3.73. The van der Waals surface area contributed by atoms with Gasteiger partial charge in [-0.3, -0.25) is 0 Å². The van der Waals surface area contributed by atoms with Gasteiger partial charge < -0.3 is 0 Å². The van der Waals surface area contributed by atoms with Crippen LogP contribution in [-0.2, 0) is 5.92 Å². The predicted molar refractivity (Wildman–Crippen MR) is 62.8 cm³/mol. The maximum absolute atomic E-state index is 13.1. The second-order valence-corrected chi connectivity index (χ2v) is 4.48. The molecule has 0 unspecified atom stereocenters. The van der Waals surface area contributed by atoms with Crippen molar-refractivity contribution in [2.45, 2.75) is 38.0 Å². The van der Waals surface area contributed by atoms with Crippen LogP contribution in [0.15, 0.2) is 30.3 Å². The fourth-order valence-corrected chi connectivity index (χ4v) is 2.13. The van der Waals surface area contributed by atoms with Crippen molar-refractivity contribution in [3.8, 4) is 0 Å². The zero-order valence-corrected chi connectivity index (χ0v) is 9.80. The summed E-state index contributed by atoms with van der Waals surface area (Å²) in [5.41, 5.74) is 1.34. The lowest BCUT2D eigenvalue weighted by Crippen LogP contribution is -2.23. The summed E-state index contributed by atoms with van der Waals surface area (Å²) in [6.07, 6.45) is 2.56. The van der Waals surface area contributed by atoms with E-state index in [4.69, 9.17) is 0 Å². The van der Waals surface area contributed by atoms with E-state index in [2.05, 4.69) is 6.08 Å². The Morgan fingerprint density at radius 1 is 1.00 bits per heavy atom. The van der Waals surface area contributed by atoms with E-state index in [1.165, 1.54) is 12.1 Å². The van der Waals surface area contributed by atoms with Crippen molar-refractivity contribution < 1.29 is 17.6 Å². The van der Waals surface area contributed by atoms with Gasteiger partial charge in [-0.15, -0.1) is 0 Å². The lowest BCUT2D eigenvalue weighted by molar-refractivity contribution is -0.135. The summed E-state index contributed by atoms with van der Waals surface area (Å²) >= 11 is 0. The predicted octanol–water partition coefficient (Wildman–Crippen LogP) is 5.00. The van der Waals surface area contributed by atoms with Crippen LogP contribution in [0.3, 0.4) is 0 Å². The molecule has 0 fully saturated rings. The molecule has 0 atom stereocenters. The first kappa shape index (κ1) is 13.1. The summed E-state index contributed by atoms with van der Waals surface area (Å²) in [6, 6.07) is 5.19. The SMILES string of the molecule is FC(F)C(F)(F)c1ccc(C2=CCCCC2)cc1. The fourth-order valence-electron chi connectivity index (χ4n) is 2.13. The van der Waals surface area contributed by atoms with Crippen LogP contribution in [-0.4, -0.2) is 6.43 Å². The van der Waals surface area contributed by atoms with Gasteiger partial charge in [0, 0.05) is 5.56 Å². The molecule has 0 bridgehead atoms. The third kappa shape index (κ3) is 2.57. The molecule has 0 aliphatic heterocycles. The van der Waals surface area contributed by atoms with Crippen LogP contribution in [0.25, 0.3) is 5.57 Å². The minimum absolute atomic E-state index is 0.627. The number of rotatable bonds is 3. The van der Waals surface area contributed by atoms with Gasteiger partial charge in [-0.25, -0.2) is 8.78 Å². The Labute approximate surface area is 103 Å². The molecule has 0 nitrogen and oxygen atoms in total. The van der Waals surface area contributed by atoms with Crippen molar-refractivity contribution in [3.63, 3.8) is 0 Å². The Hall–Kier alpha value is -1.32. The fraction of sp³-hybridized carbons (Fsp3) is 0.429. The second-order valence-electron chi connectivity index (χ2n) is 4.48. The van der Waals surface area contributed by atoms with Crippen molar-refractivity contribution in [1.29, 1.82) is 0 Å². The molecule has 1 aromatic carbocycles. The minimum Gasteiger partial charge on any atom is -0.203 e. The first-order valence-electron chi connectivity index (χ1n) is 5.97. The molecule has 0 heterocycles. The second kappa shape index (κ2) is 5.12. The van der Waals surface area contributed by atoms with Crippen molar-refractivity contribution >= 4 is 5.57 Å². The summed E-state index contributed by atoms with van der Waals surface area (Å²) in [6.45, 7) is 0. The minimum atomic E-state index is -4.07. The smallest absolute Gasteiger partial charge is 0.203 e. The van der Waals surface area contributed by atoms with Crippen molar-refractivity contribution in [3.05, 3.63) is 41.5 Å². The number of benzene rings is 1. The summed E-state index contributed by atoms with van der Waals surface area (Å²) in [5, 5.41) is 0. The zero-order valence-electron chi connectivity index (χ0n) is 9.80. The summed E-state index contributed by atoms with van der Waals surface area (Å²) in [4.78, 5) is 0. The Balaban J connectivity index is 2.22. The summed E-state index contributed by atoms with van der Waals surface area (Å²) in [5.74, 6) is -4.07. The highest BCUT2D eigenvalue weighted by Crippen LogP contribution is 2.35. The van der Waals surface area contributed by atoms with E-state index in [1.807, 2.05) is 0 Å². The molecule has 0 saturated carbocycles. The van der Waals surface area contributed by atoms with Gasteiger partial charge in [0.25, 0.3) is 0 Å². The molecule has 2 rings (SSSR count). The molecule has 1 aliphatic carbocycles. The Morgan fingerprint density at radius 2 is 1.67 bits per heavy atom. The van der Waals surface area contributed by atoms with Crippen molar-refractivity contribution in [2.75, 3.05) is 0 Å². The highest BCUT2D eigenvalue weighted by Gasteiger charge is 2.42. The standard InChI is InChI=1S/C14H14F4/c15-13(16)14(17,18)12-8-6-11(7-9-12)10-4-2-1-3-5-10/h4,6-9,13H,1-3,5H2. The van der Waals surface area contributed by atoms with E-state index in [-0.39, 0.29) is 0 Å². The molecule has 4 heteroatoms. The van der Waals surface area contributed by atoms with Gasteiger partial charge in [0.1, 0.15) is 0 Å². The Morgan fingerprint density at radius 3 is 2.17 bits per heavy atom. The Bertz CT molecular complexity index is 432. The van der Waals surface area contributed by atoms with Crippen LogP contribution >= 0.6 is 0 Å². The van der Waals surface area contributed by atoms with E-state index >= 15 is 0 Å². The molecule has 0 aromatic heterocycles. The molecule has 1 aromatic rings. The van der Waals surface area contributed by atoms with Gasteiger partial charge in [0.05, 0.1) is 0 Å². The van der Waals surface area contributed by atoms with Gasteiger partial charge in [0.15, 0.2) is 0 Å².